The van der Waals surface area contributed by atoms with Crippen LogP contribution in [0.2, 0.25) is 0 Å². The van der Waals surface area contributed by atoms with Crippen LogP contribution >= 0.6 is 0 Å². The van der Waals surface area contributed by atoms with Crippen LogP contribution in [-0.4, -0.2) is 7.05 Å². The topological polar surface area (TPSA) is 12.0 Å². The van der Waals surface area contributed by atoms with Crippen LogP contribution in [0.5, 0.6) is 0 Å². The van der Waals surface area contributed by atoms with E-state index < -0.39 is 0 Å². The fraction of sp³-hybridized carbons (Fsp3) is 0.333. The molecule has 100 valence electrons. The van der Waals surface area contributed by atoms with E-state index in [9.17, 15) is 0 Å². The summed E-state index contributed by atoms with van der Waals surface area (Å²) in [7, 11) is 2.04. The Hall–Kier alpha value is -1.60. The Kier molecular flexibility index (Phi) is 5.17. The molecule has 0 radical (unpaired) electrons. The number of hydrogen-bond acceptors (Lipinski definition) is 1. The van der Waals surface area contributed by atoms with Gasteiger partial charge in [-0.15, -0.1) is 0 Å². The van der Waals surface area contributed by atoms with E-state index in [1.54, 1.807) is 0 Å². The predicted octanol–water partition coefficient (Wildman–Crippen LogP) is 4.14. The lowest BCUT2D eigenvalue weighted by atomic mass is 9.96. The van der Waals surface area contributed by atoms with E-state index in [0.29, 0.717) is 6.04 Å². The number of likely N-dealkylation sites (N-methyl/N-ethyl adjacent to an activating group) is 1. The molecule has 0 saturated heterocycles. The largest absolute Gasteiger partial charge is 0.313 e. The molecule has 0 fully saturated rings. The second kappa shape index (κ2) is 7.10. The molecule has 0 saturated carbocycles. The fourth-order valence-electron chi connectivity index (χ4n) is 2.49. The summed E-state index contributed by atoms with van der Waals surface area (Å²) in [6.07, 6.45) is 3.40. The van der Waals surface area contributed by atoms with Gasteiger partial charge in [-0.05, 0) is 36.6 Å². The number of benzene rings is 2. The van der Waals surface area contributed by atoms with Crippen LogP contribution in [0.1, 0.15) is 36.1 Å². The summed E-state index contributed by atoms with van der Waals surface area (Å²) in [5.41, 5.74) is 4.20. The molecular formula is C18H23N. The number of aryl methyl sites for hydroxylation is 1. The highest BCUT2D eigenvalue weighted by Crippen LogP contribution is 2.19. The van der Waals surface area contributed by atoms with Crippen molar-refractivity contribution in [2.45, 2.75) is 32.2 Å². The molecule has 2 aromatic carbocycles. The molecule has 2 rings (SSSR count). The van der Waals surface area contributed by atoms with Crippen molar-refractivity contribution in [1.29, 1.82) is 0 Å². The number of hydrogen-bond donors (Lipinski definition) is 1. The van der Waals surface area contributed by atoms with Crippen LogP contribution in [0, 0.1) is 0 Å². The molecule has 19 heavy (non-hydrogen) atoms. The lowest BCUT2D eigenvalue weighted by molar-refractivity contribution is 0.591. The summed E-state index contributed by atoms with van der Waals surface area (Å²) >= 11 is 0. The summed E-state index contributed by atoms with van der Waals surface area (Å²) < 4.78 is 0. The highest BCUT2D eigenvalue weighted by molar-refractivity contribution is 5.28. The van der Waals surface area contributed by atoms with Gasteiger partial charge in [-0.25, -0.2) is 0 Å². The Morgan fingerprint density at radius 3 is 2.37 bits per heavy atom. The molecule has 1 unspecified atom stereocenters. The quantitative estimate of drug-likeness (QED) is 0.815. The maximum atomic E-state index is 3.44. The van der Waals surface area contributed by atoms with Gasteiger partial charge < -0.3 is 5.32 Å². The van der Waals surface area contributed by atoms with Gasteiger partial charge in [-0.2, -0.15) is 0 Å². The smallest absolute Gasteiger partial charge is 0.0358 e. The summed E-state index contributed by atoms with van der Waals surface area (Å²) in [5, 5.41) is 3.44. The summed E-state index contributed by atoms with van der Waals surface area (Å²) in [6.45, 7) is 2.23. The van der Waals surface area contributed by atoms with Gasteiger partial charge in [0.25, 0.3) is 0 Å². The highest BCUT2D eigenvalue weighted by Gasteiger charge is 2.10. The van der Waals surface area contributed by atoms with Crippen molar-refractivity contribution in [3.05, 3.63) is 71.3 Å². The Balaban J connectivity index is 2.15. The van der Waals surface area contributed by atoms with Crippen molar-refractivity contribution < 1.29 is 0 Å². The minimum atomic E-state index is 0.388. The maximum Gasteiger partial charge on any atom is 0.0358 e. The molecule has 0 aliphatic rings. The summed E-state index contributed by atoms with van der Waals surface area (Å²) in [4.78, 5) is 0. The number of rotatable bonds is 6. The summed E-state index contributed by atoms with van der Waals surface area (Å²) in [5.74, 6) is 0. The molecule has 0 bridgehead atoms. The molecule has 0 amide bonds. The zero-order valence-electron chi connectivity index (χ0n) is 11.9. The van der Waals surface area contributed by atoms with Gasteiger partial charge in [-0.3, -0.25) is 0 Å². The van der Waals surface area contributed by atoms with Crippen LogP contribution in [0.3, 0.4) is 0 Å². The Morgan fingerprint density at radius 1 is 0.947 bits per heavy atom. The van der Waals surface area contributed by atoms with E-state index in [0.717, 1.165) is 12.8 Å². The fourth-order valence-corrected chi connectivity index (χ4v) is 2.49. The second-order valence-corrected chi connectivity index (χ2v) is 5.03. The van der Waals surface area contributed by atoms with Gasteiger partial charge in [-0.1, -0.05) is 67.9 Å². The first-order valence-corrected chi connectivity index (χ1v) is 7.13. The van der Waals surface area contributed by atoms with Crippen molar-refractivity contribution >= 4 is 0 Å². The van der Waals surface area contributed by atoms with E-state index >= 15 is 0 Å². The third-order valence-electron chi connectivity index (χ3n) is 3.52. The minimum absolute atomic E-state index is 0.388. The third-order valence-corrected chi connectivity index (χ3v) is 3.52. The highest BCUT2D eigenvalue weighted by atomic mass is 14.9. The first kappa shape index (κ1) is 13.8. The van der Waals surface area contributed by atoms with Gasteiger partial charge in [0, 0.05) is 6.04 Å². The molecule has 1 heteroatoms. The zero-order valence-corrected chi connectivity index (χ0v) is 11.9. The average molecular weight is 253 g/mol. The van der Waals surface area contributed by atoms with Gasteiger partial charge in [0.1, 0.15) is 0 Å². The lowest BCUT2D eigenvalue weighted by Crippen LogP contribution is -2.19. The van der Waals surface area contributed by atoms with Gasteiger partial charge in [0.05, 0.1) is 0 Å². The van der Waals surface area contributed by atoms with Gasteiger partial charge in [0.15, 0.2) is 0 Å². The van der Waals surface area contributed by atoms with Crippen molar-refractivity contribution in [1.82, 2.24) is 5.32 Å². The van der Waals surface area contributed by atoms with Crippen LogP contribution in [0.15, 0.2) is 54.6 Å². The molecule has 0 aromatic heterocycles. The van der Waals surface area contributed by atoms with Crippen LogP contribution < -0.4 is 5.32 Å². The van der Waals surface area contributed by atoms with Crippen LogP contribution in [-0.2, 0) is 12.8 Å². The van der Waals surface area contributed by atoms with E-state index in [4.69, 9.17) is 0 Å². The SMILES string of the molecule is CCCc1cccc(C(Cc2ccccc2)NC)c1. The predicted molar refractivity (Wildman–Crippen MR) is 82.4 cm³/mol. The minimum Gasteiger partial charge on any atom is -0.313 e. The Labute approximate surface area is 116 Å². The normalized spacial score (nSPS) is 12.3. The molecule has 0 heterocycles. The average Bonchev–Trinajstić information content (AvgIpc) is 2.46. The zero-order chi connectivity index (χ0) is 13.5. The molecule has 0 spiro atoms. The van der Waals surface area contributed by atoms with Crippen molar-refractivity contribution in [3.8, 4) is 0 Å². The van der Waals surface area contributed by atoms with Crippen molar-refractivity contribution in [2.24, 2.45) is 0 Å². The first-order valence-electron chi connectivity index (χ1n) is 7.13. The van der Waals surface area contributed by atoms with Crippen molar-refractivity contribution in [3.63, 3.8) is 0 Å². The molecule has 1 atom stereocenters. The lowest BCUT2D eigenvalue weighted by Gasteiger charge is -2.17. The van der Waals surface area contributed by atoms with E-state index in [1.807, 2.05) is 7.05 Å². The maximum absolute atomic E-state index is 3.44. The van der Waals surface area contributed by atoms with Crippen LogP contribution in [0.4, 0.5) is 0 Å². The third kappa shape index (κ3) is 3.93. The second-order valence-electron chi connectivity index (χ2n) is 5.03. The van der Waals surface area contributed by atoms with Crippen molar-refractivity contribution in [2.75, 3.05) is 7.05 Å². The Bertz CT molecular complexity index is 490. The molecule has 0 aliphatic carbocycles. The van der Waals surface area contributed by atoms with Crippen LogP contribution in [0.25, 0.3) is 0 Å². The molecule has 1 nitrogen and oxygen atoms in total. The standard InChI is InChI=1S/C18H23N/c1-3-8-15-11-7-12-17(13-15)18(19-2)14-16-9-5-4-6-10-16/h4-7,9-13,18-19H,3,8,14H2,1-2H3. The Morgan fingerprint density at radius 2 is 1.68 bits per heavy atom. The van der Waals surface area contributed by atoms with Gasteiger partial charge >= 0.3 is 0 Å². The van der Waals surface area contributed by atoms with E-state index in [-0.39, 0.29) is 0 Å². The molecular weight excluding hydrogens is 230 g/mol. The van der Waals surface area contributed by atoms with E-state index in [2.05, 4.69) is 66.8 Å². The van der Waals surface area contributed by atoms with Gasteiger partial charge in [0.2, 0.25) is 0 Å². The molecule has 2 aromatic rings. The van der Waals surface area contributed by atoms with E-state index in [1.165, 1.54) is 23.1 Å². The summed E-state index contributed by atoms with van der Waals surface area (Å²) in [6, 6.07) is 20.0. The number of nitrogens with one attached hydrogen (secondary N) is 1. The molecule has 0 aliphatic heterocycles. The monoisotopic (exact) mass is 253 g/mol. The first-order chi connectivity index (χ1) is 9.33. The molecule has 1 N–H and O–H groups in total.